The standard InChI is InChI=1S/C24H24N4O3S/c1-16-23(20-10-12-28(27-20)11-9-17-3-6-19(29-2)7-4-17)32-24(26-16)25-14-18-5-8-21-22(13-18)31-15-30-21/h3-8,10,12-13H,9,11,14-15H2,1-2H3,(H,25,26). The Morgan fingerprint density at radius 2 is 1.88 bits per heavy atom. The number of benzene rings is 2. The topological polar surface area (TPSA) is 70.4 Å². The Morgan fingerprint density at radius 3 is 2.72 bits per heavy atom. The van der Waals surface area contributed by atoms with E-state index < -0.39 is 0 Å². The molecule has 1 aliphatic rings. The van der Waals surface area contributed by atoms with Crippen molar-refractivity contribution in [2.24, 2.45) is 0 Å². The Bertz CT molecular complexity index is 1220. The lowest BCUT2D eigenvalue weighted by atomic mass is 10.1. The van der Waals surface area contributed by atoms with Crippen molar-refractivity contribution in [2.45, 2.75) is 26.4 Å². The van der Waals surface area contributed by atoms with Crippen LogP contribution in [0.25, 0.3) is 10.6 Å². The number of aromatic nitrogens is 3. The molecule has 0 radical (unpaired) electrons. The quantitative estimate of drug-likeness (QED) is 0.413. The van der Waals surface area contributed by atoms with Gasteiger partial charge in [0.15, 0.2) is 16.6 Å². The molecule has 0 saturated carbocycles. The SMILES string of the molecule is COc1ccc(CCn2ccc(-c3sc(NCc4ccc5c(c4)OCO5)nc3C)n2)cc1. The summed E-state index contributed by atoms with van der Waals surface area (Å²) < 4.78 is 18.0. The Hall–Kier alpha value is -3.52. The van der Waals surface area contributed by atoms with Gasteiger partial charge in [0.05, 0.1) is 17.7 Å². The summed E-state index contributed by atoms with van der Waals surface area (Å²) in [7, 11) is 1.68. The summed E-state index contributed by atoms with van der Waals surface area (Å²) in [5, 5.41) is 9.06. The summed E-state index contributed by atoms with van der Waals surface area (Å²) in [6.07, 6.45) is 2.94. The van der Waals surface area contributed by atoms with E-state index >= 15 is 0 Å². The van der Waals surface area contributed by atoms with Gasteiger partial charge >= 0.3 is 0 Å². The van der Waals surface area contributed by atoms with Crippen molar-refractivity contribution in [2.75, 3.05) is 19.2 Å². The van der Waals surface area contributed by atoms with Gasteiger partial charge in [-0.1, -0.05) is 29.5 Å². The number of ether oxygens (including phenoxy) is 3. The normalized spacial score (nSPS) is 12.2. The maximum atomic E-state index is 5.45. The third-order valence-electron chi connectivity index (χ3n) is 5.34. The van der Waals surface area contributed by atoms with Crippen molar-refractivity contribution in [3.8, 4) is 27.8 Å². The van der Waals surface area contributed by atoms with Gasteiger partial charge in [-0.25, -0.2) is 4.98 Å². The summed E-state index contributed by atoms with van der Waals surface area (Å²) in [5.74, 6) is 2.46. The van der Waals surface area contributed by atoms with E-state index in [1.54, 1.807) is 18.4 Å². The first-order valence-electron chi connectivity index (χ1n) is 10.4. The molecule has 4 aromatic rings. The first-order valence-corrected chi connectivity index (χ1v) is 11.3. The number of fused-ring (bicyclic) bond motifs is 1. The minimum absolute atomic E-state index is 0.286. The van der Waals surface area contributed by atoms with E-state index in [4.69, 9.17) is 19.3 Å². The van der Waals surface area contributed by atoms with E-state index in [0.717, 1.165) is 57.2 Å². The van der Waals surface area contributed by atoms with Gasteiger partial charge in [-0.2, -0.15) is 5.10 Å². The largest absolute Gasteiger partial charge is 0.497 e. The molecule has 8 heteroatoms. The molecule has 0 bridgehead atoms. The first kappa shape index (κ1) is 20.4. The maximum absolute atomic E-state index is 5.45. The molecule has 0 fully saturated rings. The molecule has 0 amide bonds. The number of anilines is 1. The van der Waals surface area contributed by atoms with Crippen LogP contribution in [0.4, 0.5) is 5.13 Å². The molecule has 7 nitrogen and oxygen atoms in total. The molecule has 164 valence electrons. The van der Waals surface area contributed by atoms with Crippen LogP contribution in [0.3, 0.4) is 0 Å². The van der Waals surface area contributed by atoms with E-state index in [-0.39, 0.29) is 6.79 Å². The summed E-state index contributed by atoms with van der Waals surface area (Å²) in [4.78, 5) is 5.77. The van der Waals surface area contributed by atoms with Crippen LogP contribution in [0.15, 0.2) is 54.7 Å². The number of thiazole rings is 1. The van der Waals surface area contributed by atoms with Gasteiger partial charge in [0.2, 0.25) is 6.79 Å². The molecule has 0 spiro atoms. The fourth-order valence-corrected chi connectivity index (χ4v) is 4.51. The zero-order valence-electron chi connectivity index (χ0n) is 18.0. The van der Waals surface area contributed by atoms with E-state index in [1.165, 1.54) is 5.56 Å². The highest BCUT2D eigenvalue weighted by molar-refractivity contribution is 7.19. The number of methoxy groups -OCH3 is 1. The van der Waals surface area contributed by atoms with Gasteiger partial charge in [-0.3, -0.25) is 4.68 Å². The van der Waals surface area contributed by atoms with Crippen molar-refractivity contribution in [3.05, 3.63) is 71.5 Å². The van der Waals surface area contributed by atoms with Crippen LogP contribution in [0.5, 0.6) is 17.2 Å². The Labute approximate surface area is 190 Å². The molecule has 5 rings (SSSR count). The van der Waals surface area contributed by atoms with Crippen LogP contribution < -0.4 is 19.5 Å². The van der Waals surface area contributed by atoms with Gasteiger partial charge in [0, 0.05) is 19.3 Å². The Kier molecular flexibility index (Phi) is 5.68. The minimum atomic E-state index is 0.286. The van der Waals surface area contributed by atoms with Crippen molar-refractivity contribution in [1.29, 1.82) is 0 Å². The second-order valence-electron chi connectivity index (χ2n) is 7.54. The molecule has 2 aromatic carbocycles. The number of hydrogen-bond donors (Lipinski definition) is 1. The van der Waals surface area contributed by atoms with Gasteiger partial charge in [-0.05, 0) is 54.8 Å². The van der Waals surface area contributed by atoms with Crippen LogP contribution in [0.2, 0.25) is 0 Å². The third-order valence-corrected chi connectivity index (χ3v) is 6.48. The highest BCUT2D eigenvalue weighted by atomic mass is 32.1. The molecule has 0 aliphatic carbocycles. The van der Waals surface area contributed by atoms with Crippen molar-refractivity contribution in [3.63, 3.8) is 0 Å². The van der Waals surface area contributed by atoms with E-state index in [9.17, 15) is 0 Å². The monoisotopic (exact) mass is 448 g/mol. The maximum Gasteiger partial charge on any atom is 0.231 e. The lowest BCUT2D eigenvalue weighted by Gasteiger charge is -2.04. The first-order chi connectivity index (χ1) is 15.7. The zero-order valence-corrected chi connectivity index (χ0v) is 18.8. The van der Waals surface area contributed by atoms with Gasteiger partial charge in [-0.15, -0.1) is 0 Å². The molecule has 0 atom stereocenters. The fourth-order valence-electron chi connectivity index (χ4n) is 3.58. The van der Waals surface area contributed by atoms with Gasteiger partial charge in [0.1, 0.15) is 11.4 Å². The number of aryl methyl sites for hydroxylation is 3. The van der Waals surface area contributed by atoms with E-state index in [2.05, 4.69) is 28.5 Å². The highest BCUT2D eigenvalue weighted by Crippen LogP contribution is 2.34. The molecule has 32 heavy (non-hydrogen) atoms. The molecule has 1 N–H and O–H groups in total. The summed E-state index contributed by atoms with van der Waals surface area (Å²) in [5.41, 5.74) is 4.30. The van der Waals surface area contributed by atoms with Crippen LogP contribution in [0, 0.1) is 6.92 Å². The molecular formula is C24H24N4O3S. The number of hydrogen-bond acceptors (Lipinski definition) is 7. The molecule has 0 unspecified atom stereocenters. The van der Waals surface area contributed by atoms with Crippen LogP contribution in [-0.4, -0.2) is 28.7 Å². The molecule has 2 aromatic heterocycles. The van der Waals surface area contributed by atoms with Crippen molar-refractivity contribution >= 4 is 16.5 Å². The van der Waals surface area contributed by atoms with Crippen molar-refractivity contribution in [1.82, 2.24) is 14.8 Å². The van der Waals surface area contributed by atoms with E-state index in [0.29, 0.717) is 6.54 Å². The zero-order chi connectivity index (χ0) is 21.9. The summed E-state index contributed by atoms with van der Waals surface area (Å²) in [6, 6.07) is 16.2. The molecule has 3 heterocycles. The van der Waals surface area contributed by atoms with Crippen LogP contribution >= 0.6 is 11.3 Å². The smallest absolute Gasteiger partial charge is 0.231 e. The Morgan fingerprint density at radius 1 is 1.06 bits per heavy atom. The van der Waals surface area contributed by atoms with Crippen LogP contribution in [-0.2, 0) is 19.5 Å². The Balaban J connectivity index is 1.21. The highest BCUT2D eigenvalue weighted by Gasteiger charge is 2.15. The summed E-state index contributed by atoms with van der Waals surface area (Å²) >= 11 is 1.62. The molecular weight excluding hydrogens is 424 g/mol. The predicted octanol–water partition coefficient (Wildman–Crippen LogP) is 4.91. The molecule has 1 aliphatic heterocycles. The lowest BCUT2D eigenvalue weighted by Crippen LogP contribution is -2.02. The third kappa shape index (κ3) is 4.40. The van der Waals surface area contributed by atoms with Crippen LogP contribution in [0.1, 0.15) is 16.8 Å². The van der Waals surface area contributed by atoms with E-state index in [1.807, 2.05) is 48.1 Å². The summed E-state index contributed by atoms with van der Waals surface area (Å²) in [6.45, 7) is 3.79. The van der Waals surface area contributed by atoms with Gasteiger partial charge < -0.3 is 19.5 Å². The second-order valence-corrected chi connectivity index (χ2v) is 8.54. The average molecular weight is 449 g/mol. The number of nitrogens with zero attached hydrogens (tertiary/aromatic N) is 3. The van der Waals surface area contributed by atoms with Gasteiger partial charge in [0.25, 0.3) is 0 Å². The second kappa shape index (κ2) is 8.92. The fraction of sp³-hybridized carbons (Fsp3) is 0.250. The average Bonchev–Trinajstić information content (AvgIpc) is 3.56. The predicted molar refractivity (Wildman–Crippen MR) is 125 cm³/mol. The van der Waals surface area contributed by atoms with Crippen molar-refractivity contribution < 1.29 is 14.2 Å². The molecule has 0 saturated heterocycles. The lowest BCUT2D eigenvalue weighted by molar-refractivity contribution is 0.174. The number of nitrogens with one attached hydrogen (secondary N) is 1. The number of rotatable bonds is 8. The minimum Gasteiger partial charge on any atom is -0.497 e.